The lowest BCUT2D eigenvalue weighted by molar-refractivity contribution is -0.137. The average Bonchev–Trinajstić information content (AvgIpc) is 2.64. The molecule has 26 heavy (non-hydrogen) atoms. The van der Waals surface area contributed by atoms with Gasteiger partial charge in [0.1, 0.15) is 5.78 Å². The molecule has 0 heterocycles. The minimum Gasteiger partial charge on any atom is -0.481 e. The molecule has 7 nitrogen and oxygen atoms in total. The minimum atomic E-state index is -0.920. The van der Waals surface area contributed by atoms with Crippen LogP contribution in [-0.4, -0.2) is 34.8 Å². The molecule has 0 spiro atoms. The van der Waals surface area contributed by atoms with Crippen molar-refractivity contribution in [3.63, 3.8) is 0 Å². The lowest BCUT2D eigenvalue weighted by atomic mass is 10.1. The van der Waals surface area contributed by atoms with Crippen molar-refractivity contribution in [2.45, 2.75) is 66.0 Å². The van der Waals surface area contributed by atoms with Crippen molar-refractivity contribution in [1.29, 1.82) is 0 Å². The molecule has 7 heteroatoms. The molecule has 0 fully saturated rings. The number of carbonyl (C=O) groups is 3. The van der Waals surface area contributed by atoms with Crippen LogP contribution in [0.3, 0.4) is 0 Å². The summed E-state index contributed by atoms with van der Waals surface area (Å²) >= 11 is 0. The smallest absolute Gasteiger partial charge is 0.303 e. The molecule has 0 aromatic heterocycles. The summed E-state index contributed by atoms with van der Waals surface area (Å²) in [4.78, 5) is 31.0. The highest BCUT2D eigenvalue weighted by molar-refractivity contribution is 5.81. The molecule has 0 bridgehead atoms. The first kappa shape index (κ1) is 28.5. The number of primary amides is 1. The number of aliphatic carboxylic acids is 1. The van der Waals surface area contributed by atoms with Gasteiger partial charge in [-0.25, -0.2) is 0 Å². The van der Waals surface area contributed by atoms with Crippen LogP contribution in [0.1, 0.15) is 53.0 Å². The Balaban J connectivity index is -0.000000346. The summed E-state index contributed by atoms with van der Waals surface area (Å²) < 4.78 is 0. The second kappa shape index (κ2) is 19.1. The first-order chi connectivity index (χ1) is 12.2. The zero-order valence-corrected chi connectivity index (χ0v) is 16.6. The Morgan fingerprint density at radius 3 is 1.77 bits per heavy atom. The molecule has 1 aromatic carbocycles. The van der Waals surface area contributed by atoms with Crippen molar-refractivity contribution in [3.05, 3.63) is 35.9 Å². The molecular weight excluding hydrogens is 334 g/mol. The zero-order valence-electron chi connectivity index (χ0n) is 16.6. The number of carbonyl (C=O) groups excluding carboxylic acids is 2. The summed E-state index contributed by atoms with van der Waals surface area (Å²) in [6.07, 6.45) is 0.696. The lowest BCUT2D eigenvalue weighted by Gasteiger charge is -2.06. The number of amides is 1. The van der Waals surface area contributed by atoms with E-state index in [0.29, 0.717) is 6.42 Å². The van der Waals surface area contributed by atoms with Crippen LogP contribution in [-0.2, 0) is 20.8 Å². The highest BCUT2D eigenvalue weighted by Crippen LogP contribution is 2.00. The highest BCUT2D eigenvalue weighted by Gasteiger charge is 2.09. The minimum absolute atomic E-state index is 0.0409. The fraction of sp³-hybridized carbons (Fsp3) is 0.526. The maximum Gasteiger partial charge on any atom is 0.303 e. The molecule has 0 saturated carbocycles. The summed E-state index contributed by atoms with van der Waals surface area (Å²) in [5, 5.41) is 8.18. The van der Waals surface area contributed by atoms with Crippen LogP contribution < -0.4 is 17.2 Å². The van der Waals surface area contributed by atoms with Gasteiger partial charge in [-0.3, -0.25) is 14.4 Å². The third-order valence-electron chi connectivity index (χ3n) is 2.86. The molecular formula is C19H35N3O4. The summed E-state index contributed by atoms with van der Waals surface area (Å²) in [7, 11) is 0. The van der Waals surface area contributed by atoms with Gasteiger partial charge in [0.15, 0.2) is 0 Å². The number of benzene rings is 1. The Labute approximate surface area is 156 Å². The van der Waals surface area contributed by atoms with E-state index in [4.69, 9.17) is 22.3 Å². The number of hydrogen-bond donors (Lipinski definition) is 4. The fourth-order valence-electron chi connectivity index (χ4n) is 1.45. The van der Waals surface area contributed by atoms with E-state index < -0.39 is 24.0 Å². The van der Waals surface area contributed by atoms with Crippen molar-refractivity contribution >= 4 is 17.7 Å². The molecule has 7 N–H and O–H groups in total. The molecule has 1 unspecified atom stereocenters. The fourth-order valence-corrected chi connectivity index (χ4v) is 1.45. The number of carboxylic acids is 1. The van der Waals surface area contributed by atoms with E-state index >= 15 is 0 Å². The monoisotopic (exact) mass is 369 g/mol. The third-order valence-corrected chi connectivity index (χ3v) is 2.86. The lowest BCUT2D eigenvalue weighted by Crippen LogP contribution is -2.38. The van der Waals surface area contributed by atoms with E-state index in [-0.39, 0.29) is 18.6 Å². The Kier molecular flexibility index (Phi) is 21.0. The predicted octanol–water partition coefficient (Wildman–Crippen LogP) is 1.86. The standard InChI is InChI=1S/C9H12N2O.C6H11NO3.2C2H6/c10-8(9(11)12)6-7-4-2-1-3-5-7;1-4(8)5(7)2-3-6(9)10;2*1-2/h1-5,8H,6,10H2,(H2,11,12);5H,2-3,7H2,1H3,(H,9,10);2*1-2H3/t;5-;;/m.0../s1. The Bertz CT molecular complexity index is 493. The van der Waals surface area contributed by atoms with Crippen LogP contribution in [0.15, 0.2) is 30.3 Å². The normalized spacial score (nSPS) is 11.0. The van der Waals surface area contributed by atoms with E-state index in [0.717, 1.165) is 5.56 Å². The largest absolute Gasteiger partial charge is 0.481 e. The number of Topliss-reactive ketones (excluding diaryl/α,β-unsaturated/α-hetero) is 1. The average molecular weight is 370 g/mol. The van der Waals surface area contributed by atoms with Crippen LogP contribution in [0.4, 0.5) is 0 Å². The van der Waals surface area contributed by atoms with Crippen molar-refractivity contribution in [2.24, 2.45) is 17.2 Å². The summed E-state index contributed by atoms with van der Waals surface area (Å²) in [6.45, 7) is 9.35. The van der Waals surface area contributed by atoms with Gasteiger partial charge >= 0.3 is 5.97 Å². The quantitative estimate of drug-likeness (QED) is 0.576. The van der Waals surface area contributed by atoms with Gasteiger partial charge in [-0.15, -0.1) is 0 Å². The van der Waals surface area contributed by atoms with Crippen LogP contribution >= 0.6 is 0 Å². The van der Waals surface area contributed by atoms with E-state index in [2.05, 4.69) is 0 Å². The Morgan fingerprint density at radius 2 is 1.42 bits per heavy atom. The molecule has 0 aliphatic rings. The summed E-state index contributed by atoms with van der Waals surface area (Å²) in [5.41, 5.74) is 16.8. The van der Waals surface area contributed by atoms with E-state index in [9.17, 15) is 14.4 Å². The third kappa shape index (κ3) is 18.1. The van der Waals surface area contributed by atoms with Crippen molar-refractivity contribution < 1.29 is 19.5 Å². The number of rotatable bonds is 7. The van der Waals surface area contributed by atoms with Crippen LogP contribution in [0.5, 0.6) is 0 Å². The van der Waals surface area contributed by atoms with Gasteiger partial charge in [0.05, 0.1) is 12.1 Å². The maximum atomic E-state index is 10.6. The topological polar surface area (TPSA) is 150 Å². The van der Waals surface area contributed by atoms with E-state index in [1.54, 1.807) is 0 Å². The van der Waals surface area contributed by atoms with Crippen molar-refractivity contribution in [3.8, 4) is 0 Å². The predicted molar refractivity (Wildman–Crippen MR) is 106 cm³/mol. The molecule has 0 aliphatic carbocycles. The highest BCUT2D eigenvalue weighted by atomic mass is 16.4. The summed E-state index contributed by atoms with van der Waals surface area (Å²) in [5.74, 6) is -1.54. The molecule has 0 radical (unpaired) electrons. The van der Waals surface area contributed by atoms with Crippen molar-refractivity contribution in [2.75, 3.05) is 0 Å². The Morgan fingerprint density at radius 1 is 0.962 bits per heavy atom. The number of nitrogens with two attached hydrogens (primary N) is 3. The van der Waals surface area contributed by atoms with Gasteiger partial charge in [0.2, 0.25) is 5.91 Å². The molecule has 2 atom stereocenters. The molecule has 1 rings (SSSR count). The van der Waals surface area contributed by atoms with E-state index in [1.807, 2.05) is 58.0 Å². The number of carboxylic acid groups (broad SMARTS) is 1. The zero-order chi connectivity index (χ0) is 21.1. The first-order valence-corrected chi connectivity index (χ1v) is 8.80. The van der Waals surface area contributed by atoms with Crippen LogP contribution in [0.2, 0.25) is 0 Å². The first-order valence-electron chi connectivity index (χ1n) is 8.80. The maximum absolute atomic E-state index is 10.6. The van der Waals surface area contributed by atoms with Gasteiger partial charge in [-0.05, 0) is 25.3 Å². The van der Waals surface area contributed by atoms with Crippen LogP contribution in [0, 0.1) is 0 Å². The number of ketones is 1. The second-order valence-electron chi connectivity index (χ2n) is 4.85. The van der Waals surface area contributed by atoms with Crippen LogP contribution in [0.25, 0.3) is 0 Å². The molecule has 0 saturated heterocycles. The SMILES string of the molecule is CC.CC.CC(=O)[C@@H](N)CCC(=O)O.NC(=O)C(N)Cc1ccccc1. The number of hydrogen-bond acceptors (Lipinski definition) is 5. The van der Waals surface area contributed by atoms with Gasteiger partial charge in [-0.2, -0.15) is 0 Å². The molecule has 0 aliphatic heterocycles. The summed E-state index contributed by atoms with van der Waals surface area (Å²) in [6, 6.07) is 8.38. The van der Waals surface area contributed by atoms with Gasteiger partial charge in [-0.1, -0.05) is 58.0 Å². The van der Waals surface area contributed by atoms with E-state index in [1.165, 1.54) is 6.92 Å². The van der Waals surface area contributed by atoms with Crippen molar-refractivity contribution in [1.82, 2.24) is 0 Å². The van der Waals surface area contributed by atoms with Gasteiger partial charge in [0.25, 0.3) is 0 Å². The van der Waals surface area contributed by atoms with Gasteiger partial charge < -0.3 is 22.3 Å². The second-order valence-corrected chi connectivity index (χ2v) is 4.85. The molecule has 1 amide bonds. The molecule has 150 valence electrons. The molecule has 1 aromatic rings. The Hall–Kier alpha value is -2.25. The van der Waals surface area contributed by atoms with Gasteiger partial charge in [0, 0.05) is 6.42 Å².